The number of fused-ring (bicyclic) bond motifs is 2. The van der Waals surface area contributed by atoms with Crippen LogP contribution in [0, 0.1) is 0 Å². The molecule has 28 heavy (non-hydrogen) atoms. The molecule has 1 aliphatic carbocycles. The van der Waals surface area contributed by atoms with Crippen molar-refractivity contribution in [1.29, 1.82) is 0 Å². The number of thiazole rings is 1. The van der Waals surface area contributed by atoms with Crippen LogP contribution in [0.2, 0.25) is 5.02 Å². The summed E-state index contributed by atoms with van der Waals surface area (Å²) in [6.07, 6.45) is -0.130. The summed E-state index contributed by atoms with van der Waals surface area (Å²) in [6, 6.07) is 13.5. The summed E-state index contributed by atoms with van der Waals surface area (Å²) in [5, 5.41) is 10.0. The minimum Gasteiger partial charge on any atom is -0.481 e. The normalized spacial score (nSPS) is 12.5. The predicted molar refractivity (Wildman–Crippen MR) is 106 cm³/mol. The molecule has 1 N–H and O–H groups in total. The van der Waals surface area contributed by atoms with Crippen molar-refractivity contribution in [2.45, 2.75) is 6.42 Å². The largest absolute Gasteiger partial charge is 0.481 e. The van der Waals surface area contributed by atoms with Crippen LogP contribution in [-0.4, -0.2) is 34.2 Å². The van der Waals surface area contributed by atoms with Crippen molar-refractivity contribution in [2.75, 3.05) is 11.4 Å². The standard InChI is InChI=1S/C20H13ClN2O4S/c21-11-5-7-12(8-6-11)23(10-9-15(24)25)20-22-16-17(26)13-3-1-2-4-14(13)18(27)19(16)28-20/h1-8H,9-10H2,(H,24,25). The number of halogens is 1. The summed E-state index contributed by atoms with van der Waals surface area (Å²) in [4.78, 5) is 43.1. The number of aromatic nitrogens is 1. The van der Waals surface area contributed by atoms with Crippen molar-refractivity contribution >= 4 is 51.3 Å². The molecule has 0 aliphatic heterocycles. The molecule has 3 aromatic rings. The first kappa shape index (κ1) is 18.3. The molecular weight excluding hydrogens is 400 g/mol. The SMILES string of the molecule is O=C(O)CCN(c1ccc(Cl)cc1)c1nc2c(s1)C(=O)c1ccccc1C2=O. The number of carbonyl (C=O) groups excluding carboxylic acids is 2. The van der Waals surface area contributed by atoms with Crippen LogP contribution in [0.1, 0.15) is 37.7 Å². The number of rotatable bonds is 5. The van der Waals surface area contributed by atoms with E-state index in [1.165, 1.54) is 0 Å². The molecule has 0 radical (unpaired) electrons. The van der Waals surface area contributed by atoms with Crippen molar-refractivity contribution in [2.24, 2.45) is 0 Å². The molecule has 0 fully saturated rings. The summed E-state index contributed by atoms with van der Waals surface area (Å²) < 4.78 is 0. The Kier molecular flexibility index (Phi) is 4.70. The minimum absolute atomic E-state index is 0.109. The fourth-order valence-electron chi connectivity index (χ4n) is 3.02. The van der Waals surface area contributed by atoms with Gasteiger partial charge in [-0.1, -0.05) is 47.2 Å². The van der Waals surface area contributed by atoms with Gasteiger partial charge in [-0.25, -0.2) is 4.98 Å². The molecule has 0 bridgehead atoms. The topological polar surface area (TPSA) is 87.6 Å². The third-order valence-corrected chi connectivity index (χ3v) is 5.70. The summed E-state index contributed by atoms with van der Waals surface area (Å²) in [7, 11) is 0. The lowest BCUT2D eigenvalue weighted by Gasteiger charge is -2.21. The second kappa shape index (κ2) is 7.18. The zero-order chi connectivity index (χ0) is 19.8. The lowest BCUT2D eigenvalue weighted by molar-refractivity contribution is -0.136. The Morgan fingerprint density at radius 3 is 2.32 bits per heavy atom. The van der Waals surface area contributed by atoms with Crippen LogP contribution in [0.25, 0.3) is 0 Å². The molecule has 0 saturated heterocycles. The van der Waals surface area contributed by atoms with Gasteiger partial charge < -0.3 is 10.0 Å². The molecule has 1 aromatic heterocycles. The molecule has 0 unspecified atom stereocenters. The Labute approximate surface area is 169 Å². The highest BCUT2D eigenvalue weighted by molar-refractivity contribution is 7.18. The maximum atomic E-state index is 12.8. The van der Waals surface area contributed by atoms with Gasteiger partial charge in [0.1, 0.15) is 10.6 Å². The van der Waals surface area contributed by atoms with E-state index in [4.69, 9.17) is 16.7 Å². The van der Waals surface area contributed by atoms with Crippen LogP contribution in [-0.2, 0) is 4.79 Å². The predicted octanol–water partition coefficient (Wildman–Crippen LogP) is 4.18. The van der Waals surface area contributed by atoms with Crippen LogP contribution in [0.4, 0.5) is 10.8 Å². The Bertz CT molecular complexity index is 1060. The van der Waals surface area contributed by atoms with Crippen molar-refractivity contribution in [3.63, 3.8) is 0 Å². The summed E-state index contributed by atoms with van der Waals surface area (Å²) in [5.41, 5.74) is 1.48. The maximum absolute atomic E-state index is 12.8. The van der Waals surface area contributed by atoms with Crippen LogP contribution < -0.4 is 4.90 Å². The van der Waals surface area contributed by atoms with E-state index in [0.717, 1.165) is 11.3 Å². The molecule has 140 valence electrons. The number of carbonyl (C=O) groups is 3. The molecule has 2 aromatic carbocycles. The van der Waals surface area contributed by atoms with E-state index in [2.05, 4.69) is 4.98 Å². The second-order valence-electron chi connectivity index (χ2n) is 6.15. The quantitative estimate of drug-likeness (QED) is 0.529. The number of benzene rings is 2. The van der Waals surface area contributed by atoms with Crippen molar-refractivity contribution in [3.8, 4) is 0 Å². The molecule has 4 rings (SSSR count). The summed E-state index contributed by atoms with van der Waals surface area (Å²) in [6.45, 7) is 0.138. The smallest absolute Gasteiger partial charge is 0.305 e. The van der Waals surface area contributed by atoms with Crippen molar-refractivity contribution in [1.82, 2.24) is 4.98 Å². The van der Waals surface area contributed by atoms with Gasteiger partial charge in [0, 0.05) is 28.4 Å². The van der Waals surface area contributed by atoms with Crippen LogP contribution in [0.5, 0.6) is 0 Å². The summed E-state index contributed by atoms with van der Waals surface area (Å²) >= 11 is 7.04. The zero-order valence-corrected chi connectivity index (χ0v) is 16.0. The number of nitrogens with zero attached hydrogens (tertiary/aromatic N) is 2. The third kappa shape index (κ3) is 3.19. The van der Waals surface area contributed by atoms with E-state index in [1.807, 2.05) is 0 Å². The highest BCUT2D eigenvalue weighted by atomic mass is 35.5. The molecule has 1 heterocycles. The van der Waals surface area contributed by atoms with Crippen LogP contribution in [0.3, 0.4) is 0 Å². The number of carboxylic acid groups (broad SMARTS) is 1. The number of carboxylic acids is 1. The van der Waals surface area contributed by atoms with E-state index in [1.54, 1.807) is 53.4 Å². The van der Waals surface area contributed by atoms with E-state index in [-0.39, 0.29) is 35.1 Å². The van der Waals surface area contributed by atoms with Crippen molar-refractivity contribution in [3.05, 3.63) is 75.3 Å². The molecule has 0 amide bonds. The van der Waals surface area contributed by atoms with Gasteiger partial charge >= 0.3 is 5.97 Å². The number of anilines is 2. The molecule has 6 nitrogen and oxygen atoms in total. The average Bonchev–Trinajstić information content (AvgIpc) is 3.13. The van der Waals surface area contributed by atoms with Crippen molar-refractivity contribution < 1.29 is 19.5 Å². The number of hydrogen-bond acceptors (Lipinski definition) is 6. The Morgan fingerprint density at radius 1 is 1.04 bits per heavy atom. The van der Waals surface area contributed by atoms with E-state index in [0.29, 0.717) is 27.0 Å². The van der Waals surface area contributed by atoms with Gasteiger partial charge in [-0.2, -0.15) is 0 Å². The fraction of sp³-hybridized carbons (Fsp3) is 0.100. The van der Waals surface area contributed by atoms with Gasteiger partial charge in [0.2, 0.25) is 11.6 Å². The Hall–Kier alpha value is -3.03. The lowest BCUT2D eigenvalue weighted by Crippen LogP contribution is -2.21. The molecular formula is C20H13ClN2O4S. The maximum Gasteiger partial charge on any atom is 0.305 e. The average molecular weight is 413 g/mol. The van der Waals surface area contributed by atoms with Gasteiger partial charge in [0.05, 0.1) is 6.42 Å². The minimum atomic E-state index is -0.958. The summed E-state index contributed by atoms with van der Waals surface area (Å²) in [5.74, 6) is -1.51. The highest BCUT2D eigenvalue weighted by Crippen LogP contribution is 2.37. The number of ketones is 2. The molecule has 0 atom stereocenters. The molecule has 8 heteroatoms. The van der Waals surface area contributed by atoms with Crippen LogP contribution in [0.15, 0.2) is 48.5 Å². The van der Waals surface area contributed by atoms with Gasteiger partial charge in [-0.3, -0.25) is 14.4 Å². The van der Waals surface area contributed by atoms with Gasteiger partial charge in [-0.15, -0.1) is 0 Å². The first-order valence-electron chi connectivity index (χ1n) is 8.40. The van der Waals surface area contributed by atoms with E-state index in [9.17, 15) is 14.4 Å². The van der Waals surface area contributed by atoms with Crippen LogP contribution >= 0.6 is 22.9 Å². The monoisotopic (exact) mass is 412 g/mol. The van der Waals surface area contributed by atoms with Gasteiger partial charge in [0.15, 0.2) is 5.13 Å². The van der Waals surface area contributed by atoms with E-state index >= 15 is 0 Å². The number of aliphatic carboxylic acids is 1. The van der Waals surface area contributed by atoms with E-state index < -0.39 is 5.97 Å². The fourth-order valence-corrected chi connectivity index (χ4v) is 4.21. The first-order valence-corrected chi connectivity index (χ1v) is 9.59. The molecule has 0 saturated carbocycles. The molecule has 0 spiro atoms. The number of hydrogen-bond donors (Lipinski definition) is 1. The first-order chi connectivity index (χ1) is 13.5. The highest BCUT2D eigenvalue weighted by Gasteiger charge is 2.34. The molecule has 1 aliphatic rings. The second-order valence-corrected chi connectivity index (χ2v) is 7.56. The van der Waals surface area contributed by atoms with Gasteiger partial charge in [0.25, 0.3) is 0 Å². The Morgan fingerprint density at radius 2 is 1.68 bits per heavy atom. The third-order valence-electron chi connectivity index (χ3n) is 4.37. The zero-order valence-electron chi connectivity index (χ0n) is 14.4. The Balaban J connectivity index is 1.78. The van der Waals surface area contributed by atoms with Gasteiger partial charge in [-0.05, 0) is 24.3 Å². The lowest BCUT2D eigenvalue weighted by atomic mass is 9.91.